The molecule has 1 aliphatic rings. The minimum absolute atomic E-state index is 0.0837. The summed E-state index contributed by atoms with van der Waals surface area (Å²) >= 11 is 17.3. The second kappa shape index (κ2) is 4.81. The van der Waals surface area contributed by atoms with Crippen molar-refractivity contribution in [2.45, 2.75) is 22.2 Å². The summed E-state index contributed by atoms with van der Waals surface area (Å²) < 4.78 is 3.60. The van der Waals surface area contributed by atoms with E-state index in [0.29, 0.717) is 0 Å². The molecule has 0 heterocycles. The molecule has 0 amide bonds. The SMILES string of the molecule is O=C(OCc1ccccc1[N+](=O)[O-])C1(Cl)CC1(Cl)Cl. The number of nitro benzene ring substituents is 1. The first kappa shape index (κ1) is 14.4. The van der Waals surface area contributed by atoms with E-state index < -0.39 is 20.1 Å². The molecule has 1 aliphatic carbocycles. The van der Waals surface area contributed by atoms with Crippen molar-refractivity contribution in [2.24, 2.45) is 0 Å². The number of ether oxygens (including phenoxy) is 1. The number of para-hydroxylation sites is 1. The number of benzene rings is 1. The number of hydrogen-bond acceptors (Lipinski definition) is 4. The molecule has 0 aliphatic heterocycles. The Morgan fingerprint density at radius 3 is 2.47 bits per heavy atom. The van der Waals surface area contributed by atoms with Gasteiger partial charge in [0.15, 0.2) is 9.21 Å². The van der Waals surface area contributed by atoms with Crippen LogP contribution in [0.2, 0.25) is 0 Å². The Bertz CT molecular complexity index is 548. The van der Waals surface area contributed by atoms with Crippen molar-refractivity contribution >= 4 is 46.5 Å². The molecule has 19 heavy (non-hydrogen) atoms. The Balaban J connectivity index is 2.05. The van der Waals surface area contributed by atoms with Crippen LogP contribution in [-0.2, 0) is 16.1 Å². The quantitative estimate of drug-likeness (QED) is 0.369. The minimum Gasteiger partial charge on any atom is -0.459 e. The number of halogens is 3. The normalized spacial score (nSPS) is 23.7. The second-order valence-corrected chi connectivity index (χ2v) is 6.27. The summed E-state index contributed by atoms with van der Waals surface area (Å²) in [6, 6.07) is 5.95. The highest BCUT2D eigenvalue weighted by Crippen LogP contribution is 2.61. The Morgan fingerprint density at radius 2 is 1.95 bits per heavy atom. The smallest absolute Gasteiger partial charge is 0.330 e. The third-order valence-corrected chi connectivity index (χ3v) is 4.51. The molecule has 8 heteroatoms. The van der Waals surface area contributed by atoms with E-state index in [1.54, 1.807) is 6.07 Å². The van der Waals surface area contributed by atoms with Crippen LogP contribution in [0.3, 0.4) is 0 Å². The fraction of sp³-hybridized carbons (Fsp3) is 0.364. The topological polar surface area (TPSA) is 69.4 Å². The lowest BCUT2D eigenvalue weighted by Gasteiger charge is -2.10. The monoisotopic (exact) mass is 323 g/mol. The molecule has 1 saturated carbocycles. The van der Waals surface area contributed by atoms with E-state index in [9.17, 15) is 14.9 Å². The van der Waals surface area contributed by atoms with E-state index in [0.717, 1.165) is 0 Å². The van der Waals surface area contributed by atoms with Crippen LogP contribution in [0.15, 0.2) is 24.3 Å². The average Bonchev–Trinajstić information content (AvgIpc) is 2.87. The van der Waals surface area contributed by atoms with E-state index in [1.807, 2.05) is 0 Å². The van der Waals surface area contributed by atoms with E-state index in [1.165, 1.54) is 18.2 Å². The molecule has 5 nitrogen and oxygen atoms in total. The number of rotatable bonds is 4. The minimum atomic E-state index is -1.46. The van der Waals surface area contributed by atoms with Crippen molar-refractivity contribution < 1.29 is 14.5 Å². The van der Waals surface area contributed by atoms with Crippen molar-refractivity contribution in [2.75, 3.05) is 0 Å². The number of nitrogens with zero attached hydrogens (tertiary/aromatic N) is 1. The standard InChI is InChI=1S/C11H8Cl3NO4/c12-10(6-11(10,13)14)9(16)19-5-7-3-1-2-4-8(7)15(17)18/h1-4H,5-6H2. The molecule has 0 saturated heterocycles. The van der Waals surface area contributed by atoms with Gasteiger partial charge in [-0.1, -0.05) is 35.3 Å². The molecule has 1 atom stereocenters. The maximum atomic E-state index is 11.7. The van der Waals surface area contributed by atoms with Crippen LogP contribution in [0, 0.1) is 10.1 Å². The van der Waals surface area contributed by atoms with Crippen LogP contribution in [0.5, 0.6) is 0 Å². The van der Waals surface area contributed by atoms with Gasteiger partial charge in [-0.2, -0.15) is 0 Å². The van der Waals surface area contributed by atoms with Crippen LogP contribution in [-0.4, -0.2) is 20.1 Å². The molecule has 2 rings (SSSR count). The summed E-state index contributed by atoms with van der Waals surface area (Å²) in [7, 11) is 0. The molecular formula is C11H8Cl3NO4. The van der Waals surface area contributed by atoms with Gasteiger partial charge in [0.2, 0.25) is 0 Å². The van der Waals surface area contributed by atoms with Gasteiger partial charge in [0, 0.05) is 12.5 Å². The number of carbonyl (C=O) groups is 1. The number of esters is 1. The van der Waals surface area contributed by atoms with Crippen molar-refractivity contribution in [3.8, 4) is 0 Å². The zero-order valence-electron chi connectivity index (χ0n) is 9.44. The molecule has 0 N–H and O–H groups in total. The highest BCUT2D eigenvalue weighted by molar-refractivity contribution is 6.61. The molecule has 0 bridgehead atoms. The van der Waals surface area contributed by atoms with Crippen molar-refractivity contribution in [3.63, 3.8) is 0 Å². The molecule has 102 valence electrons. The lowest BCUT2D eigenvalue weighted by Crippen LogP contribution is -2.25. The van der Waals surface area contributed by atoms with Gasteiger partial charge >= 0.3 is 5.97 Å². The molecule has 1 unspecified atom stereocenters. The van der Waals surface area contributed by atoms with Gasteiger partial charge in [-0.05, 0) is 6.07 Å². The maximum Gasteiger partial charge on any atom is 0.330 e. The van der Waals surface area contributed by atoms with E-state index in [-0.39, 0.29) is 24.3 Å². The molecular weight excluding hydrogens is 316 g/mol. The van der Waals surface area contributed by atoms with Gasteiger partial charge in [-0.15, -0.1) is 11.6 Å². The third-order valence-electron chi connectivity index (χ3n) is 2.79. The highest BCUT2D eigenvalue weighted by Gasteiger charge is 2.72. The number of hydrogen-bond donors (Lipinski definition) is 0. The number of carbonyl (C=O) groups excluding carboxylic acids is 1. The number of nitro groups is 1. The summed E-state index contributed by atoms with van der Waals surface area (Å²) in [5.41, 5.74) is 0.147. The maximum absolute atomic E-state index is 11.7. The lowest BCUT2D eigenvalue weighted by atomic mass is 10.2. The zero-order chi connectivity index (χ0) is 14.3. The van der Waals surface area contributed by atoms with E-state index in [4.69, 9.17) is 39.5 Å². The fourth-order valence-corrected chi connectivity index (χ4v) is 2.50. The molecule has 1 fully saturated rings. The Kier molecular flexibility index (Phi) is 3.64. The van der Waals surface area contributed by atoms with Crippen LogP contribution in [0.4, 0.5) is 5.69 Å². The Hall–Kier alpha value is -1.04. The first-order chi connectivity index (χ1) is 8.78. The zero-order valence-corrected chi connectivity index (χ0v) is 11.7. The second-order valence-electron chi connectivity index (χ2n) is 4.14. The average molecular weight is 325 g/mol. The lowest BCUT2D eigenvalue weighted by molar-refractivity contribution is -0.385. The Morgan fingerprint density at radius 1 is 1.37 bits per heavy atom. The van der Waals surface area contributed by atoms with Crippen molar-refractivity contribution in [1.29, 1.82) is 0 Å². The van der Waals surface area contributed by atoms with Crippen molar-refractivity contribution in [3.05, 3.63) is 39.9 Å². The summed E-state index contributed by atoms with van der Waals surface area (Å²) in [6.07, 6.45) is 0.0837. The van der Waals surface area contributed by atoms with Gasteiger partial charge in [-0.3, -0.25) is 14.9 Å². The fourth-order valence-electron chi connectivity index (χ4n) is 1.55. The van der Waals surface area contributed by atoms with Crippen LogP contribution in [0.25, 0.3) is 0 Å². The Labute approximate surface area is 123 Å². The van der Waals surface area contributed by atoms with E-state index >= 15 is 0 Å². The van der Waals surface area contributed by atoms with Gasteiger partial charge in [0.25, 0.3) is 5.69 Å². The van der Waals surface area contributed by atoms with Gasteiger partial charge in [-0.25, -0.2) is 0 Å². The molecule has 0 spiro atoms. The van der Waals surface area contributed by atoms with Crippen LogP contribution in [0.1, 0.15) is 12.0 Å². The predicted octanol–water partition coefficient (Wildman–Crippen LogP) is 3.19. The largest absolute Gasteiger partial charge is 0.459 e. The van der Waals surface area contributed by atoms with Crippen LogP contribution < -0.4 is 0 Å². The summed E-state index contributed by atoms with van der Waals surface area (Å²) in [6.45, 7) is -0.256. The van der Waals surface area contributed by atoms with Gasteiger partial charge < -0.3 is 4.74 Å². The molecule has 1 aromatic carbocycles. The number of alkyl halides is 3. The molecule has 1 aromatic rings. The molecule has 0 radical (unpaired) electrons. The predicted molar refractivity (Wildman–Crippen MR) is 70.5 cm³/mol. The summed E-state index contributed by atoms with van der Waals surface area (Å²) in [5.74, 6) is -0.780. The van der Waals surface area contributed by atoms with E-state index in [2.05, 4.69) is 0 Å². The third kappa shape index (κ3) is 2.63. The first-order valence-corrected chi connectivity index (χ1v) is 6.37. The highest BCUT2D eigenvalue weighted by atomic mass is 35.5. The summed E-state index contributed by atoms with van der Waals surface area (Å²) in [4.78, 5) is 20.5. The van der Waals surface area contributed by atoms with Gasteiger partial charge in [0.05, 0.1) is 10.5 Å². The summed E-state index contributed by atoms with van der Waals surface area (Å²) in [5, 5.41) is 10.8. The first-order valence-electron chi connectivity index (χ1n) is 5.24. The van der Waals surface area contributed by atoms with Gasteiger partial charge in [0.1, 0.15) is 6.61 Å². The van der Waals surface area contributed by atoms with Crippen LogP contribution >= 0.6 is 34.8 Å². The molecule has 0 aromatic heterocycles. The van der Waals surface area contributed by atoms with Crippen molar-refractivity contribution in [1.82, 2.24) is 0 Å².